The van der Waals surface area contributed by atoms with Crippen LogP contribution in [0.3, 0.4) is 0 Å². The molecule has 0 amide bonds. The average Bonchev–Trinajstić information content (AvgIpc) is 2.36. The summed E-state index contributed by atoms with van der Waals surface area (Å²) >= 11 is 0. The molecule has 1 rings (SSSR count). The second kappa shape index (κ2) is 6.78. The van der Waals surface area contributed by atoms with Crippen molar-refractivity contribution in [1.82, 2.24) is 0 Å². The Morgan fingerprint density at radius 3 is 2.41 bits per heavy atom. The minimum Gasteiger partial charge on any atom is -0.466 e. The van der Waals surface area contributed by atoms with Crippen molar-refractivity contribution in [3.05, 3.63) is 34.7 Å². The fourth-order valence-electron chi connectivity index (χ4n) is 1.74. The Morgan fingerprint density at radius 2 is 1.94 bits per heavy atom. The van der Waals surface area contributed by atoms with Gasteiger partial charge in [-0.25, -0.2) is 0 Å². The molecule has 1 atom stereocenters. The molecule has 4 nitrogen and oxygen atoms in total. The number of hydrogen-bond donors (Lipinski definition) is 1. The zero-order valence-electron chi connectivity index (χ0n) is 10.2. The molecule has 0 bridgehead atoms. The van der Waals surface area contributed by atoms with E-state index < -0.39 is 0 Å². The van der Waals surface area contributed by atoms with Gasteiger partial charge in [0.1, 0.15) is 0 Å². The fraction of sp³-hybridized carbons (Fsp3) is 0.462. The molecule has 0 radical (unpaired) electrons. The highest BCUT2D eigenvalue weighted by molar-refractivity contribution is 5.78. The van der Waals surface area contributed by atoms with Gasteiger partial charge in [0.2, 0.25) is 0 Å². The number of hydrogen-bond acceptors (Lipinski definition) is 3. The van der Waals surface area contributed by atoms with Gasteiger partial charge >= 0.3 is 5.97 Å². The Labute approximate surface area is 101 Å². The molecule has 0 saturated carbocycles. The Morgan fingerprint density at radius 1 is 1.29 bits per heavy atom. The molecule has 0 fully saturated rings. The SMILES string of the molecule is CCCC(C(=O)OCC)c1ccc([NH+]=O)cc1. The summed E-state index contributed by atoms with van der Waals surface area (Å²) in [5.74, 6) is -0.433. The Hall–Kier alpha value is -1.71. The number of benzene rings is 1. The van der Waals surface area contributed by atoms with Gasteiger partial charge in [-0.2, -0.15) is 0 Å². The fourth-order valence-corrected chi connectivity index (χ4v) is 1.74. The number of ether oxygens (including phenoxy) is 1. The zero-order chi connectivity index (χ0) is 12.7. The van der Waals surface area contributed by atoms with E-state index in [4.69, 9.17) is 4.74 Å². The van der Waals surface area contributed by atoms with E-state index in [0.717, 1.165) is 18.4 Å². The van der Waals surface area contributed by atoms with Crippen molar-refractivity contribution in [3.63, 3.8) is 0 Å². The quantitative estimate of drug-likeness (QED) is 0.763. The predicted octanol–water partition coefficient (Wildman–Crippen LogP) is 1.61. The van der Waals surface area contributed by atoms with Crippen LogP contribution in [0, 0.1) is 4.91 Å². The summed E-state index contributed by atoms with van der Waals surface area (Å²) < 4.78 is 5.05. The molecule has 0 saturated heterocycles. The van der Waals surface area contributed by atoms with Crippen molar-refractivity contribution < 1.29 is 14.7 Å². The minimum atomic E-state index is -0.236. The maximum atomic E-state index is 11.8. The first-order valence-corrected chi connectivity index (χ1v) is 5.87. The van der Waals surface area contributed by atoms with Gasteiger partial charge in [0, 0.05) is 22.2 Å². The molecule has 0 aliphatic rings. The van der Waals surface area contributed by atoms with E-state index in [-0.39, 0.29) is 11.9 Å². The molecule has 4 heteroatoms. The van der Waals surface area contributed by atoms with Crippen LogP contribution in [0.1, 0.15) is 38.2 Å². The molecule has 0 aliphatic heterocycles. The van der Waals surface area contributed by atoms with Crippen molar-refractivity contribution in [3.8, 4) is 0 Å². The van der Waals surface area contributed by atoms with Gasteiger partial charge in [-0.05, 0) is 18.9 Å². The Bertz CT molecular complexity index is 373. The van der Waals surface area contributed by atoms with Gasteiger partial charge in [0.15, 0.2) is 0 Å². The van der Waals surface area contributed by atoms with Crippen molar-refractivity contribution in [2.24, 2.45) is 0 Å². The van der Waals surface area contributed by atoms with Crippen LogP contribution in [0.4, 0.5) is 5.69 Å². The third-order valence-electron chi connectivity index (χ3n) is 2.58. The van der Waals surface area contributed by atoms with Gasteiger partial charge in [0.05, 0.1) is 12.5 Å². The summed E-state index contributed by atoms with van der Waals surface area (Å²) in [6.07, 6.45) is 1.66. The first-order valence-electron chi connectivity index (χ1n) is 5.87. The number of rotatable bonds is 6. The molecular formula is C13H18NO3+. The van der Waals surface area contributed by atoms with E-state index in [1.54, 1.807) is 31.2 Å². The van der Waals surface area contributed by atoms with Crippen LogP contribution in [-0.4, -0.2) is 12.6 Å². The van der Waals surface area contributed by atoms with Crippen LogP contribution in [0.5, 0.6) is 0 Å². The first kappa shape index (κ1) is 13.4. The molecule has 92 valence electrons. The first-order chi connectivity index (χ1) is 8.22. The molecule has 1 unspecified atom stereocenters. The molecule has 0 aromatic heterocycles. The van der Waals surface area contributed by atoms with E-state index in [0.29, 0.717) is 12.3 Å². The topological polar surface area (TPSA) is 57.3 Å². The minimum absolute atomic E-state index is 0.197. The lowest BCUT2D eigenvalue weighted by Crippen LogP contribution is -2.55. The van der Waals surface area contributed by atoms with Crippen molar-refractivity contribution in [2.45, 2.75) is 32.6 Å². The maximum Gasteiger partial charge on any atom is 0.313 e. The third-order valence-corrected chi connectivity index (χ3v) is 2.58. The second-order valence-corrected chi connectivity index (χ2v) is 3.82. The smallest absolute Gasteiger partial charge is 0.313 e. The van der Waals surface area contributed by atoms with Crippen molar-refractivity contribution in [1.29, 1.82) is 0 Å². The molecule has 1 aromatic rings. The van der Waals surface area contributed by atoms with Crippen molar-refractivity contribution in [2.75, 3.05) is 6.61 Å². The van der Waals surface area contributed by atoms with Crippen LogP contribution in [0.25, 0.3) is 0 Å². The standard InChI is InChI=1S/C13H17NO3/c1-3-5-12(13(15)17-4-2)10-6-8-11(14-16)9-7-10/h6-9,12H,3-5H2,1-2H3/p+1. The van der Waals surface area contributed by atoms with E-state index in [1.165, 1.54) is 0 Å². The van der Waals surface area contributed by atoms with E-state index in [1.807, 2.05) is 12.1 Å². The van der Waals surface area contributed by atoms with Crippen LogP contribution >= 0.6 is 0 Å². The summed E-state index contributed by atoms with van der Waals surface area (Å²) in [5.41, 5.74) is 1.39. The Balaban J connectivity index is 2.88. The van der Waals surface area contributed by atoms with E-state index in [9.17, 15) is 9.70 Å². The Kier molecular flexibility index (Phi) is 5.33. The summed E-state index contributed by atoms with van der Waals surface area (Å²) in [5, 5.41) is 1.81. The molecule has 0 spiro atoms. The van der Waals surface area contributed by atoms with E-state index >= 15 is 0 Å². The zero-order valence-corrected chi connectivity index (χ0v) is 10.2. The summed E-state index contributed by atoms with van der Waals surface area (Å²) in [7, 11) is 0. The third kappa shape index (κ3) is 3.66. The largest absolute Gasteiger partial charge is 0.466 e. The molecular weight excluding hydrogens is 218 g/mol. The highest BCUT2D eigenvalue weighted by Gasteiger charge is 2.21. The summed E-state index contributed by atoms with van der Waals surface area (Å²) in [6, 6.07) is 6.92. The second-order valence-electron chi connectivity index (χ2n) is 3.82. The number of carbonyl (C=O) groups is 1. The number of carbonyl (C=O) groups excluding carboxylic acids is 1. The highest BCUT2D eigenvalue weighted by atomic mass is 16.5. The highest BCUT2D eigenvalue weighted by Crippen LogP contribution is 2.23. The van der Waals surface area contributed by atoms with Crippen LogP contribution < -0.4 is 5.18 Å². The van der Waals surface area contributed by atoms with Crippen molar-refractivity contribution >= 4 is 11.7 Å². The van der Waals surface area contributed by atoms with Gasteiger partial charge < -0.3 is 4.74 Å². The van der Waals surface area contributed by atoms with Gasteiger partial charge in [-0.15, -0.1) is 0 Å². The van der Waals surface area contributed by atoms with Gasteiger partial charge in [0.25, 0.3) is 5.69 Å². The van der Waals surface area contributed by atoms with Crippen LogP contribution in [0.15, 0.2) is 24.3 Å². The summed E-state index contributed by atoms with van der Waals surface area (Å²) in [4.78, 5) is 22.2. The molecule has 0 aliphatic carbocycles. The van der Waals surface area contributed by atoms with Crippen LogP contribution in [-0.2, 0) is 9.53 Å². The number of nitrogens with one attached hydrogen (secondary N) is 1. The monoisotopic (exact) mass is 236 g/mol. The lowest BCUT2D eigenvalue weighted by molar-refractivity contribution is -0.379. The van der Waals surface area contributed by atoms with Gasteiger partial charge in [-0.1, -0.05) is 25.5 Å². The normalized spacial score (nSPS) is 11.9. The van der Waals surface area contributed by atoms with Crippen LogP contribution in [0.2, 0.25) is 0 Å². The molecule has 17 heavy (non-hydrogen) atoms. The molecule has 1 aromatic carbocycles. The summed E-state index contributed by atoms with van der Waals surface area (Å²) in [6.45, 7) is 4.21. The number of nitroso groups, excluding NO2 is 1. The average molecular weight is 236 g/mol. The molecule has 0 heterocycles. The van der Waals surface area contributed by atoms with E-state index in [2.05, 4.69) is 0 Å². The number of esters is 1. The molecule has 1 N–H and O–H groups in total. The predicted molar refractivity (Wildman–Crippen MR) is 64.7 cm³/mol. The van der Waals surface area contributed by atoms with Gasteiger partial charge in [-0.3, -0.25) is 4.79 Å². The maximum absolute atomic E-state index is 11.8. The lowest BCUT2D eigenvalue weighted by Gasteiger charge is -2.14. The lowest BCUT2D eigenvalue weighted by atomic mass is 9.94.